The van der Waals surface area contributed by atoms with Crippen molar-refractivity contribution in [3.63, 3.8) is 0 Å². The van der Waals surface area contributed by atoms with Crippen LogP contribution in [0.3, 0.4) is 0 Å². The number of nitrogens with zero attached hydrogens (tertiary/aromatic N) is 1. The van der Waals surface area contributed by atoms with E-state index in [1.807, 2.05) is 11.6 Å². The standard InChI is InChI=1S/C10H21N3O4S/c1-3-11-8-9-6-4-5-7-13(9)18(15,16)12-10(14)17-2/h9,11H,3-8H2,1-2H3,(H,12,14). The number of hydrogen-bond acceptors (Lipinski definition) is 5. The molecule has 1 aliphatic heterocycles. The van der Waals surface area contributed by atoms with Gasteiger partial charge < -0.3 is 10.1 Å². The first-order chi connectivity index (χ1) is 8.51. The van der Waals surface area contributed by atoms with Crippen molar-refractivity contribution in [1.29, 1.82) is 0 Å². The predicted octanol–water partition coefficient (Wildman–Crippen LogP) is 0.0512. The molecule has 0 radical (unpaired) electrons. The maximum absolute atomic E-state index is 12.0. The molecular formula is C10H21N3O4S. The van der Waals surface area contributed by atoms with E-state index in [2.05, 4.69) is 10.1 Å². The van der Waals surface area contributed by atoms with Crippen molar-refractivity contribution in [2.24, 2.45) is 0 Å². The Kier molecular flexibility index (Phi) is 5.83. The highest BCUT2D eigenvalue weighted by Gasteiger charge is 2.33. The molecule has 0 saturated carbocycles. The highest BCUT2D eigenvalue weighted by molar-refractivity contribution is 7.87. The molecule has 0 bridgehead atoms. The lowest BCUT2D eigenvalue weighted by atomic mass is 10.1. The van der Waals surface area contributed by atoms with Gasteiger partial charge in [0.1, 0.15) is 0 Å². The van der Waals surface area contributed by atoms with Crippen molar-refractivity contribution in [3.05, 3.63) is 0 Å². The lowest BCUT2D eigenvalue weighted by molar-refractivity contribution is 0.175. The minimum absolute atomic E-state index is 0.110. The van der Waals surface area contributed by atoms with Gasteiger partial charge in [-0.2, -0.15) is 12.7 Å². The number of piperidine rings is 1. The summed E-state index contributed by atoms with van der Waals surface area (Å²) in [5, 5.41) is 3.14. The number of ether oxygens (including phenoxy) is 1. The maximum Gasteiger partial charge on any atom is 0.421 e. The molecule has 18 heavy (non-hydrogen) atoms. The van der Waals surface area contributed by atoms with Crippen LogP contribution in [0, 0.1) is 0 Å². The molecule has 1 saturated heterocycles. The monoisotopic (exact) mass is 279 g/mol. The van der Waals surface area contributed by atoms with Crippen molar-refractivity contribution in [2.45, 2.75) is 32.2 Å². The maximum atomic E-state index is 12.0. The van der Waals surface area contributed by atoms with E-state index in [9.17, 15) is 13.2 Å². The van der Waals surface area contributed by atoms with E-state index < -0.39 is 16.3 Å². The van der Waals surface area contributed by atoms with Crippen molar-refractivity contribution in [3.8, 4) is 0 Å². The third-order valence-electron chi connectivity index (χ3n) is 2.91. The normalized spacial score (nSPS) is 21.6. The van der Waals surface area contributed by atoms with Crippen molar-refractivity contribution in [1.82, 2.24) is 14.3 Å². The fraction of sp³-hybridized carbons (Fsp3) is 0.900. The lowest BCUT2D eigenvalue weighted by Gasteiger charge is -2.34. The number of likely N-dealkylation sites (N-methyl/N-ethyl adjacent to an activating group) is 1. The first kappa shape index (κ1) is 15.2. The van der Waals surface area contributed by atoms with Crippen LogP contribution in [-0.4, -0.2) is 51.6 Å². The summed E-state index contributed by atoms with van der Waals surface area (Å²) in [5.74, 6) is 0. The van der Waals surface area contributed by atoms with E-state index in [1.165, 1.54) is 4.31 Å². The summed E-state index contributed by atoms with van der Waals surface area (Å²) >= 11 is 0. The molecule has 1 aliphatic rings. The zero-order valence-corrected chi connectivity index (χ0v) is 11.6. The Labute approximate surface area is 108 Å². The third kappa shape index (κ3) is 4.11. The van der Waals surface area contributed by atoms with Gasteiger partial charge in [0.05, 0.1) is 7.11 Å². The van der Waals surface area contributed by atoms with Crippen molar-refractivity contribution in [2.75, 3.05) is 26.7 Å². The van der Waals surface area contributed by atoms with Crippen LogP contribution in [0.1, 0.15) is 26.2 Å². The SMILES string of the molecule is CCNCC1CCCCN1S(=O)(=O)NC(=O)OC. The Hall–Kier alpha value is -0.860. The van der Waals surface area contributed by atoms with Crippen LogP contribution in [0.4, 0.5) is 4.79 Å². The molecule has 1 unspecified atom stereocenters. The fourth-order valence-corrected chi connectivity index (χ4v) is 3.36. The molecule has 8 heteroatoms. The molecule has 0 aromatic rings. The number of methoxy groups -OCH3 is 1. The number of carbonyl (C=O) groups excluding carboxylic acids is 1. The average molecular weight is 279 g/mol. The first-order valence-corrected chi connectivity index (χ1v) is 7.53. The van der Waals surface area contributed by atoms with Gasteiger partial charge in [0.25, 0.3) is 0 Å². The Morgan fingerprint density at radius 1 is 1.44 bits per heavy atom. The second-order valence-electron chi connectivity index (χ2n) is 4.17. The highest BCUT2D eigenvalue weighted by atomic mass is 32.2. The van der Waals surface area contributed by atoms with Gasteiger partial charge >= 0.3 is 16.3 Å². The smallest absolute Gasteiger partial charge is 0.421 e. The van der Waals surface area contributed by atoms with Gasteiger partial charge in [-0.05, 0) is 19.4 Å². The molecule has 1 fully saturated rings. The van der Waals surface area contributed by atoms with Gasteiger partial charge in [0, 0.05) is 19.1 Å². The molecule has 1 amide bonds. The largest absolute Gasteiger partial charge is 0.452 e. The molecule has 106 valence electrons. The number of amides is 1. The summed E-state index contributed by atoms with van der Waals surface area (Å²) < 4.78 is 31.6. The van der Waals surface area contributed by atoms with Crippen LogP contribution in [0.5, 0.6) is 0 Å². The molecular weight excluding hydrogens is 258 g/mol. The van der Waals surface area contributed by atoms with Crippen molar-refractivity contribution < 1.29 is 17.9 Å². The molecule has 1 rings (SSSR count). The van der Waals surface area contributed by atoms with E-state index in [4.69, 9.17) is 0 Å². The quantitative estimate of drug-likeness (QED) is 0.742. The van der Waals surface area contributed by atoms with E-state index in [0.717, 1.165) is 32.9 Å². The van der Waals surface area contributed by atoms with E-state index in [-0.39, 0.29) is 6.04 Å². The molecule has 0 aromatic carbocycles. The predicted molar refractivity (Wildman–Crippen MR) is 67.3 cm³/mol. The molecule has 2 N–H and O–H groups in total. The lowest BCUT2D eigenvalue weighted by Crippen LogP contribution is -2.53. The average Bonchev–Trinajstić information content (AvgIpc) is 2.36. The van der Waals surface area contributed by atoms with Gasteiger partial charge in [-0.1, -0.05) is 13.3 Å². The van der Waals surface area contributed by atoms with Gasteiger partial charge in [-0.15, -0.1) is 0 Å². The summed E-state index contributed by atoms with van der Waals surface area (Å²) in [4.78, 5) is 11.0. The zero-order valence-electron chi connectivity index (χ0n) is 10.8. The number of rotatable bonds is 5. The molecule has 0 aliphatic carbocycles. The Morgan fingerprint density at radius 3 is 2.78 bits per heavy atom. The second-order valence-corrected chi connectivity index (χ2v) is 5.79. The number of carbonyl (C=O) groups is 1. The van der Waals surface area contributed by atoms with E-state index in [1.54, 1.807) is 0 Å². The fourth-order valence-electron chi connectivity index (χ4n) is 2.01. The topological polar surface area (TPSA) is 87.7 Å². The van der Waals surface area contributed by atoms with Crippen LogP contribution in [-0.2, 0) is 14.9 Å². The molecule has 1 atom stereocenters. The Bertz CT molecular complexity index is 371. The highest BCUT2D eigenvalue weighted by Crippen LogP contribution is 2.19. The molecule has 1 heterocycles. The van der Waals surface area contributed by atoms with Crippen LogP contribution in [0.2, 0.25) is 0 Å². The van der Waals surface area contributed by atoms with Crippen LogP contribution < -0.4 is 10.0 Å². The van der Waals surface area contributed by atoms with Crippen molar-refractivity contribution >= 4 is 16.3 Å². The zero-order chi connectivity index (χ0) is 13.6. The molecule has 0 spiro atoms. The number of hydrogen-bond donors (Lipinski definition) is 2. The molecule has 0 aromatic heterocycles. The van der Waals surface area contributed by atoms with E-state index >= 15 is 0 Å². The van der Waals surface area contributed by atoms with Gasteiger partial charge in [-0.3, -0.25) is 0 Å². The van der Waals surface area contributed by atoms with Gasteiger partial charge in [-0.25, -0.2) is 9.52 Å². The molecule has 7 nitrogen and oxygen atoms in total. The van der Waals surface area contributed by atoms with Gasteiger partial charge in [0.15, 0.2) is 0 Å². The minimum atomic E-state index is -3.81. The Morgan fingerprint density at radius 2 is 2.17 bits per heavy atom. The second kappa shape index (κ2) is 6.91. The summed E-state index contributed by atoms with van der Waals surface area (Å²) in [7, 11) is -2.67. The van der Waals surface area contributed by atoms with Crippen LogP contribution >= 0.6 is 0 Å². The number of nitrogens with one attached hydrogen (secondary N) is 2. The summed E-state index contributed by atoms with van der Waals surface area (Å²) in [6.07, 6.45) is 1.66. The van der Waals surface area contributed by atoms with Crippen LogP contribution in [0.15, 0.2) is 0 Å². The van der Waals surface area contributed by atoms with Crippen LogP contribution in [0.25, 0.3) is 0 Å². The summed E-state index contributed by atoms with van der Waals surface area (Å²) in [6.45, 7) is 3.78. The summed E-state index contributed by atoms with van der Waals surface area (Å²) in [5.41, 5.74) is 0. The summed E-state index contributed by atoms with van der Waals surface area (Å²) in [6, 6.07) is -0.110. The Balaban J connectivity index is 2.72. The van der Waals surface area contributed by atoms with E-state index in [0.29, 0.717) is 13.1 Å². The minimum Gasteiger partial charge on any atom is -0.452 e. The third-order valence-corrected chi connectivity index (χ3v) is 4.43. The first-order valence-electron chi connectivity index (χ1n) is 6.09. The van der Waals surface area contributed by atoms with Gasteiger partial charge in [0.2, 0.25) is 0 Å².